The second-order valence-corrected chi connectivity index (χ2v) is 5.18. The molecule has 4 nitrogen and oxygen atoms in total. The van der Waals surface area contributed by atoms with Crippen LogP contribution in [0, 0.1) is 0 Å². The summed E-state index contributed by atoms with van der Waals surface area (Å²) < 4.78 is 0. The normalized spacial score (nSPS) is 16.7. The van der Waals surface area contributed by atoms with Crippen LogP contribution in [0.25, 0.3) is 0 Å². The van der Waals surface area contributed by atoms with Crippen LogP contribution < -0.4 is 5.32 Å². The highest BCUT2D eigenvalue weighted by atomic mass is 32.1. The van der Waals surface area contributed by atoms with Gasteiger partial charge >= 0.3 is 5.97 Å². The molecule has 1 heterocycles. The fraction of sp³-hybridized carbons (Fsp3) is 0.545. The van der Waals surface area contributed by atoms with Gasteiger partial charge in [0.25, 0.3) is 0 Å². The number of aliphatic hydroxyl groups is 1. The van der Waals surface area contributed by atoms with Gasteiger partial charge in [0.05, 0.1) is 0 Å². The van der Waals surface area contributed by atoms with Crippen molar-refractivity contribution in [3.05, 3.63) is 22.4 Å². The Morgan fingerprint density at radius 2 is 2.38 bits per heavy atom. The molecule has 0 amide bonds. The van der Waals surface area contributed by atoms with Crippen LogP contribution in [0.3, 0.4) is 0 Å². The smallest absolute Gasteiger partial charge is 0.336 e. The van der Waals surface area contributed by atoms with Crippen LogP contribution in [0.2, 0.25) is 0 Å². The zero-order valence-electron chi connectivity index (χ0n) is 9.43. The molecule has 1 rings (SSSR count). The maximum Gasteiger partial charge on any atom is 0.336 e. The summed E-state index contributed by atoms with van der Waals surface area (Å²) in [7, 11) is 0. The maximum atomic E-state index is 10.7. The van der Waals surface area contributed by atoms with Crippen LogP contribution >= 0.6 is 11.3 Å². The number of aliphatic carboxylic acids is 1. The Balaban J connectivity index is 2.35. The minimum atomic E-state index is -1.70. The van der Waals surface area contributed by atoms with Gasteiger partial charge in [0.15, 0.2) is 5.60 Å². The number of rotatable bonds is 6. The SMILES string of the molecule is CC(Cc1cccs1)NCC(C)(O)C(=O)O. The van der Waals surface area contributed by atoms with Crippen molar-refractivity contribution in [3.8, 4) is 0 Å². The van der Waals surface area contributed by atoms with E-state index in [0.29, 0.717) is 0 Å². The Morgan fingerprint density at radius 3 is 2.88 bits per heavy atom. The van der Waals surface area contributed by atoms with Gasteiger partial charge in [0, 0.05) is 17.5 Å². The van der Waals surface area contributed by atoms with E-state index < -0.39 is 11.6 Å². The first-order valence-electron chi connectivity index (χ1n) is 5.13. The Labute approximate surface area is 98.9 Å². The number of hydrogen-bond acceptors (Lipinski definition) is 4. The molecule has 1 aromatic heterocycles. The van der Waals surface area contributed by atoms with Crippen molar-refractivity contribution in [2.75, 3.05) is 6.54 Å². The van der Waals surface area contributed by atoms with Crippen molar-refractivity contribution in [3.63, 3.8) is 0 Å². The average molecular weight is 243 g/mol. The van der Waals surface area contributed by atoms with Gasteiger partial charge in [-0.05, 0) is 31.7 Å². The lowest BCUT2D eigenvalue weighted by molar-refractivity contribution is -0.156. The second kappa shape index (κ2) is 5.43. The number of carboxylic acid groups (broad SMARTS) is 1. The van der Waals surface area contributed by atoms with Gasteiger partial charge in [-0.1, -0.05) is 6.07 Å². The minimum absolute atomic E-state index is 0.0505. The van der Waals surface area contributed by atoms with Crippen LogP contribution in [0.1, 0.15) is 18.7 Å². The summed E-state index contributed by atoms with van der Waals surface area (Å²) in [6, 6.07) is 4.17. The molecule has 0 radical (unpaired) electrons. The first-order valence-corrected chi connectivity index (χ1v) is 6.01. The largest absolute Gasteiger partial charge is 0.479 e. The molecular formula is C11H17NO3S. The van der Waals surface area contributed by atoms with Gasteiger partial charge in [-0.3, -0.25) is 0 Å². The van der Waals surface area contributed by atoms with Crippen LogP contribution in [0.4, 0.5) is 0 Å². The first kappa shape index (κ1) is 13.2. The van der Waals surface area contributed by atoms with Crippen molar-refractivity contribution < 1.29 is 15.0 Å². The van der Waals surface area contributed by atoms with Crippen LogP contribution in [0.15, 0.2) is 17.5 Å². The molecule has 2 unspecified atom stereocenters. The summed E-state index contributed by atoms with van der Waals surface area (Å²) in [5, 5.41) is 23.3. The van der Waals surface area contributed by atoms with Crippen LogP contribution in [0.5, 0.6) is 0 Å². The molecule has 2 atom stereocenters. The van der Waals surface area contributed by atoms with E-state index in [1.54, 1.807) is 11.3 Å². The molecule has 0 aromatic carbocycles. The van der Waals surface area contributed by atoms with Crippen LogP contribution in [-0.4, -0.2) is 34.4 Å². The number of carboxylic acids is 1. The topological polar surface area (TPSA) is 69.6 Å². The lowest BCUT2D eigenvalue weighted by atomic mass is 10.1. The summed E-state index contributed by atoms with van der Waals surface area (Å²) in [5.41, 5.74) is -1.70. The van der Waals surface area contributed by atoms with E-state index in [-0.39, 0.29) is 12.6 Å². The van der Waals surface area contributed by atoms with Crippen molar-refractivity contribution >= 4 is 17.3 Å². The molecule has 0 bridgehead atoms. The highest BCUT2D eigenvalue weighted by Gasteiger charge is 2.29. The molecule has 16 heavy (non-hydrogen) atoms. The van der Waals surface area contributed by atoms with E-state index in [4.69, 9.17) is 5.11 Å². The summed E-state index contributed by atoms with van der Waals surface area (Å²) in [6.45, 7) is 3.31. The number of thiophene rings is 1. The molecule has 0 fully saturated rings. The lowest BCUT2D eigenvalue weighted by Gasteiger charge is -2.21. The molecule has 0 spiro atoms. The van der Waals surface area contributed by atoms with E-state index in [0.717, 1.165) is 6.42 Å². The molecule has 1 aromatic rings. The van der Waals surface area contributed by atoms with Crippen molar-refractivity contribution in [2.45, 2.75) is 31.9 Å². The third-order valence-electron chi connectivity index (χ3n) is 2.34. The molecule has 90 valence electrons. The quantitative estimate of drug-likeness (QED) is 0.700. The van der Waals surface area contributed by atoms with E-state index in [1.165, 1.54) is 11.8 Å². The summed E-state index contributed by atoms with van der Waals surface area (Å²) >= 11 is 1.67. The Bertz CT molecular complexity index is 335. The Kier molecular flexibility index (Phi) is 4.46. The van der Waals surface area contributed by atoms with Gasteiger partial charge < -0.3 is 15.5 Å². The van der Waals surface area contributed by atoms with E-state index in [1.807, 2.05) is 24.4 Å². The minimum Gasteiger partial charge on any atom is -0.479 e. The molecule has 0 aliphatic rings. The van der Waals surface area contributed by atoms with E-state index in [2.05, 4.69) is 5.32 Å². The van der Waals surface area contributed by atoms with E-state index >= 15 is 0 Å². The monoisotopic (exact) mass is 243 g/mol. The highest BCUT2D eigenvalue weighted by Crippen LogP contribution is 2.11. The number of nitrogens with one attached hydrogen (secondary N) is 1. The third-order valence-corrected chi connectivity index (χ3v) is 3.24. The fourth-order valence-electron chi connectivity index (χ4n) is 1.25. The molecule has 5 heteroatoms. The predicted octanol–water partition coefficient (Wildman–Crippen LogP) is 1.10. The molecule has 0 saturated carbocycles. The van der Waals surface area contributed by atoms with Crippen molar-refractivity contribution in [1.82, 2.24) is 5.32 Å². The predicted molar refractivity (Wildman–Crippen MR) is 63.7 cm³/mol. The Hall–Kier alpha value is -0.910. The van der Waals surface area contributed by atoms with Gasteiger partial charge in [-0.25, -0.2) is 4.79 Å². The van der Waals surface area contributed by atoms with Crippen molar-refractivity contribution in [1.29, 1.82) is 0 Å². The highest BCUT2D eigenvalue weighted by molar-refractivity contribution is 7.09. The van der Waals surface area contributed by atoms with Gasteiger partial charge in [0.1, 0.15) is 0 Å². The average Bonchev–Trinajstić information content (AvgIpc) is 2.67. The lowest BCUT2D eigenvalue weighted by Crippen LogP contribution is -2.47. The molecule has 0 aliphatic carbocycles. The zero-order chi connectivity index (χ0) is 12.2. The first-order chi connectivity index (χ1) is 7.42. The molecule has 0 saturated heterocycles. The van der Waals surface area contributed by atoms with Gasteiger partial charge in [-0.2, -0.15) is 0 Å². The summed E-state index contributed by atoms with van der Waals surface area (Å²) in [5.74, 6) is -1.21. The molecular weight excluding hydrogens is 226 g/mol. The van der Waals surface area contributed by atoms with Crippen LogP contribution in [-0.2, 0) is 11.2 Å². The number of carbonyl (C=O) groups is 1. The fourth-order valence-corrected chi connectivity index (χ4v) is 2.09. The maximum absolute atomic E-state index is 10.7. The van der Waals surface area contributed by atoms with E-state index in [9.17, 15) is 9.90 Å². The summed E-state index contributed by atoms with van der Waals surface area (Å²) in [6.07, 6.45) is 0.841. The third kappa shape index (κ3) is 3.92. The second-order valence-electron chi connectivity index (χ2n) is 4.14. The van der Waals surface area contributed by atoms with Gasteiger partial charge in [-0.15, -0.1) is 11.3 Å². The summed E-state index contributed by atoms with van der Waals surface area (Å²) in [4.78, 5) is 11.9. The molecule has 0 aliphatic heterocycles. The molecule has 3 N–H and O–H groups in total. The zero-order valence-corrected chi connectivity index (χ0v) is 10.3. The van der Waals surface area contributed by atoms with Gasteiger partial charge in [0.2, 0.25) is 0 Å². The van der Waals surface area contributed by atoms with Crippen molar-refractivity contribution in [2.24, 2.45) is 0 Å². The standard InChI is InChI=1S/C11H17NO3S/c1-8(6-9-4-3-5-16-9)12-7-11(2,15)10(13)14/h3-5,8,12,15H,6-7H2,1-2H3,(H,13,14). The number of hydrogen-bond donors (Lipinski definition) is 3. The Morgan fingerprint density at radius 1 is 1.69 bits per heavy atom.